The summed E-state index contributed by atoms with van der Waals surface area (Å²) in [4.78, 5) is 13.2. The van der Waals surface area contributed by atoms with Crippen LogP contribution in [0.4, 0.5) is 5.69 Å². The maximum absolute atomic E-state index is 13.7. The SMILES string of the molecule is CC[C@@H](NC(=O)CN(c1cc(C)ccc1OC)S(=O)(=O)c1ccc(C)cc1)c1ccccc1. The summed E-state index contributed by atoms with van der Waals surface area (Å²) in [6.07, 6.45) is 0.675. The molecule has 6 nitrogen and oxygen atoms in total. The summed E-state index contributed by atoms with van der Waals surface area (Å²) < 4.78 is 33.9. The summed E-state index contributed by atoms with van der Waals surface area (Å²) in [5.74, 6) is -0.0239. The van der Waals surface area contributed by atoms with E-state index in [0.29, 0.717) is 17.9 Å². The van der Waals surface area contributed by atoms with E-state index in [1.165, 1.54) is 7.11 Å². The Bertz CT molecular complexity index is 1190. The average molecular weight is 467 g/mol. The number of carbonyl (C=O) groups is 1. The van der Waals surface area contributed by atoms with Gasteiger partial charge in [-0.2, -0.15) is 0 Å². The van der Waals surface area contributed by atoms with Crippen molar-refractivity contribution in [1.82, 2.24) is 5.32 Å². The van der Waals surface area contributed by atoms with Crippen molar-refractivity contribution in [2.75, 3.05) is 18.0 Å². The van der Waals surface area contributed by atoms with Crippen molar-refractivity contribution in [1.29, 1.82) is 0 Å². The van der Waals surface area contributed by atoms with Gasteiger partial charge in [0.2, 0.25) is 5.91 Å². The monoisotopic (exact) mass is 466 g/mol. The molecule has 0 heterocycles. The molecule has 0 aliphatic rings. The molecular formula is C26H30N2O4S. The number of nitrogens with one attached hydrogen (secondary N) is 1. The number of anilines is 1. The number of benzene rings is 3. The lowest BCUT2D eigenvalue weighted by Gasteiger charge is -2.27. The van der Waals surface area contributed by atoms with Gasteiger partial charge in [0.25, 0.3) is 10.0 Å². The summed E-state index contributed by atoms with van der Waals surface area (Å²) in [5.41, 5.74) is 3.08. The normalized spacial score (nSPS) is 12.1. The van der Waals surface area contributed by atoms with Gasteiger partial charge in [0.05, 0.1) is 23.7 Å². The second kappa shape index (κ2) is 10.5. The van der Waals surface area contributed by atoms with Gasteiger partial charge in [0.15, 0.2) is 0 Å². The number of amides is 1. The molecule has 3 aromatic carbocycles. The molecule has 3 rings (SSSR count). The molecule has 33 heavy (non-hydrogen) atoms. The van der Waals surface area contributed by atoms with E-state index in [1.807, 2.05) is 57.2 Å². The van der Waals surface area contributed by atoms with Crippen molar-refractivity contribution >= 4 is 21.6 Å². The van der Waals surface area contributed by atoms with E-state index in [0.717, 1.165) is 21.0 Å². The number of rotatable bonds is 9. The molecule has 3 aromatic rings. The maximum atomic E-state index is 13.7. The van der Waals surface area contributed by atoms with Crippen LogP contribution in [0.5, 0.6) is 5.75 Å². The van der Waals surface area contributed by atoms with Gasteiger partial charge in [-0.3, -0.25) is 9.10 Å². The summed E-state index contributed by atoms with van der Waals surface area (Å²) in [7, 11) is -2.55. The molecule has 1 amide bonds. The number of ether oxygens (including phenoxy) is 1. The molecule has 1 atom stereocenters. The lowest BCUT2D eigenvalue weighted by molar-refractivity contribution is -0.120. The standard InChI is InChI=1S/C26H30N2O4S/c1-5-23(21-9-7-6-8-10-21)27-26(29)18-28(24-17-20(3)13-16-25(24)32-4)33(30,31)22-14-11-19(2)12-15-22/h6-17,23H,5,18H2,1-4H3,(H,27,29)/t23-/m1/s1. The van der Waals surface area contributed by atoms with Crippen molar-refractivity contribution < 1.29 is 17.9 Å². The first kappa shape index (κ1) is 24.3. The van der Waals surface area contributed by atoms with E-state index in [9.17, 15) is 13.2 Å². The first-order chi connectivity index (χ1) is 15.8. The van der Waals surface area contributed by atoms with Crippen LogP contribution < -0.4 is 14.4 Å². The van der Waals surface area contributed by atoms with E-state index in [4.69, 9.17) is 4.74 Å². The third-order valence-electron chi connectivity index (χ3n) is 5.44. The zero-order valence-corrected chi connectivity index (χ0v) is 20.2. The highest BCUT2D eigenvalue weighted by molar-refractivity contribution is 7.92. The van der Waals surface area contributed by atoms with Crippen molar-refractivity contribution in [2.24, 2.45) is 0 Å². The Morgan fingerprint density at radius 3 is 2.21 bits per heavy atom. The van der Waals surface area contributed by atoms with Crippen LogP contribution in [0.2, 0.25) is 0 Å². The third-order valence-corrected chi connectivity index (χ3v) is 7.22. The predicted octanol–water partition coefficient (Wildman–Crippen LogP) is 4.77. The smallest absolute Gasteiger partial charge is 0.264 e. The molecule has 1 N–H and O–H groups in total. The van der Waals surface area contributed by atoms with Gasteiger partial charge in [-0.1, -0.05) is 61.0 Å². The first-order valence-electron chi connectivity index (χ1n) is 10.8. The lowest BCUT2D eigenvalue weighted by atomic mass is 10.0. The average Bonchev–Trinajstić information content (AvgIpc) is 2.81. The Morgan fingerprint density at radius 1 is 0.970 bits per heavy atom. The zero-order valence-electron chi connectivity index (χ0n) is 19.4. The number of nitrogens with zero attached hydrogens (tertiary/aromatic N) is 1. The predicted molar refractivity (Wildman–Crippen MR) is 131 cm³/mol. The molecule has 174 valence electrons. The lowest BCUT2D eigenvalue weighted by Crippen LogP contribution is -2.42. The second-order valence-corrected chi connectivity index (χ2v) is 9.80. The van der Waals surface area contributed by atoms with Gasteiger partial charge in [-0.05, 0) is 55.7 Å². The summed E-state index contributed by atoms with van der Waals surface area (Å²) in [6, 6.07) is 21.2. The number of aryl methyl sites for hydroxylation is 2. The van der Waals surface area contributed by atoms with Crippen LogP contribution >= 0.6 is 0 Å². The van der Waals surface area contributed by atoms with E-state index >= 15 is 0 Å². The quantitative estimate of drug-likeness (QED) is 0.493. The minimum absolute atomic E-state index is 0.111. The second-order valence-electron chi connectivity index (χ2n) is 7.94. The van der Waals surface area contributed by atoms with Gasteiger partial charge in [-0.15, -0.1) is 0 Å². The fourth-order valence-corrected chi connectivity index (χ4v) is 5.03. The van der Waals surface area contributed by atoms with Crippen molar-refractivity contribution in [3.8, 4) is 5.75 Å². The molecule has 0 fully saturated rings. The van der Waals surface area contributed by atoms with E-state index in [1.54, 1.807) is 36.4 Å². The Morgan fingerprint density at radius 2 is 1.61 bits per heavy atom. The highest BCUT2D eigenvalue weighted by Gasteiger charge is 2.30. The molecule has 0 bridgehead atoms. The number of hydrogen-bond acceptors (Lipinski definition) is 4. The Labute approximate surface area is 196 Å². The number of sulfonamides is 1. The molecule has 0 radical (unpaired) electrons. The topological polar surface area (TPSA) is 75.7 Å². The highest BCUT2D eigenvalue weighted by Crippen LogP contribution is 2.33. The van der Waals surface area contributed by atoms with Crippen LogP contribution in [0.25, 0.3) is 0 Å². The minimum Gasteiger partial charge on any atom is -0.495 e. The van der Waals surface area contributed by atoms with Gasteiger partial charge >= 0.3 is 0 Å². The molecule has 0 saturated heterocycles. The van der Waals surface area contributed by atoms with Gasteiger partial charge < -0.3 is 10.1 Å². The van der Waals surface area contributed by atoms with Crippen LogP contribution in [0.15, 0.2) is 77.7 Å². The number of methoxy groups -OCH3 is 1. The maximum Gasteiger partial charge on any atom is 0.264 e. The van der Waals surface area contributed by atoms with Crippen LogP contribution in [0.1, 0.15) is 36.1 Å². The molecular weight excluding hydrogens is 436 g/mol. The van der Waals surface area contributed by atoms with E-state index in [2.05, 4.69) is 5.32 Å². The number of carbonyl (C=O) groups excluding carboxylic acids is 1. The van der Waals surface area contributed by atoms with Gasteiger partial charge in [0, 0.05) is 0 Å². The van der Waals surface area contributed by atoms with Crippen molar-refractivity contribution in [2.45, 2.75) is 38.1 Å². The Balaban J connectivity index is 2.00. The Hall–Kier alpha value is -3.32. The molecule has 0 aliphatic carbocycles. The first-order valence-corrected chi connectivity index (χ1v) is 12.3. The molecule has 0 unspecified atom stereocenters. The van der Waals surface area contributed by atoms with Crippen LogP contribution in [-0.2, 0) is 14.8 Å². The summed E-state index contributed by atoms with van der Waals surface area (Å²) in [5, 5.41) is 2.98. The molecule has 0 aromatic heterocycles. The minimum atomic E-state index is -4.03. The van der Waals surface area contributed by atoms with E-state index < -0.39 is 15.9 Å². The van der Waals surface area contributed by atoms with Crippen molar-refractivity contribution in [3.05, 3.63) is 89.5 Å². The molecule has 7 heteroatoms. The van der Waals surface area contributed by atoms with E-state index in [-0.39, 0.29) is 17.5 Å². The van der Waals surface area contributed by atoms with Crippen molar-refractivity contribution in [3.63, 3.8) is 0 Å². The van der Waals surface area contributed by atoms with Crippen LogP contribution in [-0.4, -0.2) is 28.0 Å². The van der Waals surface area contributed by atoms with Gasteiger partial charge in [-0.25, -0.2) is 8.42 Å². The summed E-state index contributed by atoms with van der Waals surface area (Å²) >= 11 is 0. The van der Waals surface area contributed by atoms with Crippen LogP contribution in [0, 0.1) is 13.8 Å². The third kappa shape index (κ3) is 5.73. The summed E-state index contributed by atoms with van der Waals surface area (Å²) in [6.45, 7) is 5.35. The van der Waals surface area contributed by atoms with Gasteiger partial charge in [0.1, 0.15) is 12.3 Å². The fraction of sp³-hybridized carbons (Fsp3) is 0.269. The molecule has 0 spiro atoms. The largest absolute Gasteiger partial charge is 0.495 e. The molecule has 0 saturated carbocycles. The zero-order chi connectivity index (χ0) is 24.0. The number of hydrogen-bond donors (Lipinski definition) is 1. The fourth-order valence-electron chi connectivity index (χ4n) is 3.61. The molecule has 0 aliphatic heterocycles. The highest BCUT2D eigenvalue weighted by atomic mass is 32.2. The van der Waals surface area contributed by atoms with Crippen LogP contribution in [0.3, 0.4) is 0 Å². The Kier molecular flexibility index (Phi) is 7.76.